The van der Waals surface area contributed by atoms with Gasteiger partial charge in [0.25, 0.3) is 0 Å². The third-order valence-corrected chi connectivity index (χ3v) is 9.32. The molecule has 9 aromatic rings. The van der Waals surface area contributed by atoms with Crippen LogP contribution < -0.4 is 0 Å². The van der Waals surface area contributed by atoms with Crippen LogP contribution in [0.1, 0.15) is 0 Å². The Morgan fingerprint density at radius 1 is 0.220 bits per heavy atom. The van der Waals surface area contributed by atoms with Crippen molar-refractivity contribution in [3.63, 3.8) is 0 Å². The largest absolute Gasteiger partial charge is 0.208 e. The number of nitrogens with zero attached hydrogens (tertiary/aromatic N) is 3. The normalized spacial score (nSPS) is 11.2. The highest BCUT2D eigenvalue weighted by Gasteiger charge is 2.16. The molecule has 0 aliphatic rings. The standard InChI is InChI=1S/C47H31N3/c1-3-14-33(15-4-1)41-19-11-12-22-44(41)47-49-45(34-16-5-2-6-17-34)48-46(50-47)40-28-25-36-30-39(27-24-37(36)31-40)43-21-10-9-20-42(43)38-26-23-32-13-7-8-18-35(32)29-38/h1-31H. The lowest BCUT2D eigenvalue weighted by Crippen LogP contribution is -2.01. The lowest BCUT2D eigenvalue weighted by Gasteiger charge is -2.13. The van der Waals surface area contributed by atoms with E-state index in [2.05, 4.69) is 146 Å². The van der Waals surface area contributed by atoms with Gasteiger partial charge in [-0.2, -0.15) is 0 Å². The van der Waals surface area contributed by atoms with Gasteiger partial charge in [-0.15, -0.1) is 0 Å². The van der Waals surface area contributed by atoms with E-state index in [1.165, 1.54) is 33.0 Å². The summed E-state index contributed by atoms with van der Waals surface area (Å²) >= 11 is 0. The minimum absolute atomic E-state index is 0.643. The van der Waals surface area contributed by atoms with E-state index in [1.54, 1.807) is 0 Å². The number of hydrogen-bond donors (Lipinski definition) is 0. The average molecular weight is 638 g/mol. The van der Waals surface area contributed by atoms with Gasteiger partial charge in [0.05, 0.1) is 0 Å². The number of aromatic nitrogens is 3. The van der Waals surface area contributed by atoms with Gasteiger partial charge in [0, 0.05) is 16.7 Å². The van der Waals surface area contributed by atoms with Crippen LogP contribution in [0.2, 0.25) is 0 Å². The molecule has 0 radical (unpaired) electrons. The van der Waals surface area contributed by atoms with Crippen LogP contribution in [0.3, 0.4) is 0 Å². The second-order valence-corrected chi connectivity index (χ2v) is 12.5. The molecule has 9 rings (SSSR count). The van der Waals surface area contributed by atoms with Crippen LogP contribution >= 0.6 is 0 Å². The summed E-state index contributed by atoms with van der Waals surface area (Å²) in [5, 5.41) is 4.78. The summed E-state index contributed by atoms with van der Waals surface area (Å²) in [5.74, 6) is 1.94. The van der Waals surface area contributed by atoms with Gasteiger partial charge in [-0.3, -0.25) is 0 Å². The molecule has 0 bridgehead atoms. The maximum Gasteiger partial charge on any atom is 0.164 e. The number of fused-ring (bicyclic) bond motifs is 2. The molecule has 3 nitrogen and oxygen atoms in total. The molecule has 0 atom stereocenters. The summed E-state index contributed by atoms with van der Waals surface area (Å²) in [5.41, 5.74) is 9.88. The molecular weight excluding hydrogens is 607 g/mol. The molecule has 0 saturated heterocycles. The van der Waals surface area contributed by atoms with Crippen LogP contribution in [0.25, 0.3) is 89.1 Å². The molecule has 0 unspecified atom stereocenters. The molecule has 1 heterocycles. The Kier molecular flexibility index (Phi) is 7.49. The molecule has 8 aromatic carbocycles. The summed E-state index contributed by atoms with van der Waals surface area (Å²) in [6, 6.07) is 65.9. The van der Waals surface area contributed by atoms with Crippen molar-refractivity contribution in [2.24, 2.45) is 0 Å². The summed E-state index contributed by atoms with van der Waals surface area (Å²) in [4.78, 5) is 15.1. The molecule has 50 heavy (non-hydrogen) atoms. The predicted molar refractivity (Wildman–Crippen MR) is 207 cm³/mol. The summed E-state index contributed by atoms with van der Waals surface area (Å²) in [6.45, 7) is 0. The third kappa shape index (κ3) is 5.61. The highest BCUT2D eigenvalue weighted by molar-refractivity contribution is 5.95. The van der Waals surface area contributed by atoms with Gasteiger partial charge >= 0.3 is 0 Å². The topological polar surface area (TPSA) is 38.7 Å². The van der Waals surface area contributed by atoms with E-state index >= 15 is 0 Å². The fourth-order valence-corrected chi connectivity index (χ4v) is 6.79. The summed E-state index contributed by atoms with van der Waals surface area (Å²) < 4.78 is 0. The Hall–Kier alpha value is -6.71. The quantitative estimate of drug-likeness (QED) is 0.182. The maximum absolute atomic E-state index is 5.10. The van der Waals surface area contributed by atoms with Crippen molar-refractivity contribution < 1.29 is 0 Å². The van der Waals surface area contributed by atoms with Gasteiger partial charge in [0.15, 0.2) is 17.5 Å². The van der Waals surface area contributed by atoms with Gasteiger partial charge < -0.3 is 0 Å². The Bertz CT molecular complexity index is 2650. The Labute approximate surface area is 291 Å². The second kappa shape index (κ2) is 12.7. The van der Waals surface area contributed by atoms with Crippen LogP contribution in [0, 0.1) is 0 Å². The summed E-state index contributed by atoms with van der Waals surface area (Å²) in [7, 11) is 0. The number of benzene rings is 8. The van der Waals surface area contributed by atoms with E-state index in [-0.39, 0.29) is 0 Å². The first kappa shape index (κ1) is 29.4. The number of hydrogen-bond acceptors (Lipinski definition) is 3. The zero-order valence-electron chi connectivity index (χ0n) is 27.2. The van der Waals surface area contributed by atoms with Crippen molar-refractivity contribution in [1.82, 2.24) is 15.0 Å². The molecule has 0 saturated carbocycles. The van der Waals surface area contributed by atoms with Crippen LogP contribution in [-0.4, -0.2) is 15.0 Å². The fraction of sp³-hybridized carbons (Fsp3) is 0. The zero-order valence-corrected chi connectivity index (χ0v) is 27.2. The smallest absolute Gasteiger partial charge is 0.164 e. The number of rotatable bonds is 6. The Balaban J connectivity index is 1.13. The lowest BCUT2D eigenvalue weighted by molar-refractivity contribution is 1.07. The molecule has 0 spiro atoms. The fourth-order valence-electron chi connectivity index (χ4n) is 6.79. The molecular formula is C47H31N3. The van der Waals surface area contributed by atoms with Crippen molar-refractivity contribution in [3.8, 4) is 67.5 Å². The Morgan fingerprint density at radius 2 is 0.600 bits per heavy atom. The maximum atomic E-state index is 5.10. The van der Waals surface area contributed by atoms with E-state index in [4.69, 9.17) is 15.0 Å². The van der Waals surface area contributed by atoms with Crippen molar-refractivity contribution in [2.75, 3.05) is 0 Å². The SMILES string of the molecule is c1ccc(-c2nc(-c3ccc4cc(-c5ccccc5-c5ccc6ccccc6c5)ccc4c3)nc(-c3ccccc3-c3ccccc3)n2)cc1. The van der Waals surface area contributed by atoms with E-state index in [9.17, 15) is 0 Å². The summed E-state index contributed by atoms with van der Waals surface area (Å²) in [6.07, 6.45) is 0. The predicted octanol–water partition coefficient (Wildman–Crippen LogP) is 12.2. The van der Waals surface area contributed by atoms with E-state index in [1.807, 2.05) is 42.5 Å². The van der Waals surface area contributed by atoms with Crippen LogP contribution in [-0.2, 0) is 0 Å². The van der Waals surface area contributed by atoms with Crippen molar-refractivity contribution in [3.05, 3.63) is 188 Å². The van der Waals surface area contributed by atoms with Crippen LogP contribution in [0.15, 0.2) is 188 Å². The zero-order chi connectivity index (χ0) is 33.3. The first-order valence-corrected chi connectivity index (χ1v) is 16.9. The monoisotopic (exact) mass is 637 g/mol. The van der Waals surface area contributed by atoms with Gasteiger partial charge in [-0.25, -0.2) is 15.0 Å². The minimum Gasteiger partial charge on any atom is -0.208 e. The van der Waals surface area contributed by atoms with E-state index in [0.29, 0.717) is 17.5 Å². The highest BCUT2D eigenvalue weighted by Crippen LogP contribution is 2.36. The highest BCUT2D eigenvalue weighted by atomic mass is 15.0. The molecule has 0 N–H and O–H groups in total. The van der Waals surface area contributed by atoms with Crippen molar-refractivity contribution in [2.45, 2.75) is 0 Å². The molecule has 234 valence electrons. The van der Waals surface area contributed by atoms with Crippen molar-refractivity contribution in [1.29, 1.82) is 0 Å². The van der Waals surface area contributed by atoms with Crippen LogP contribution in [0.4, 0.5) is 0 Å². The van der Waals surface area contributed by atoms with E-state index in [0.717, 1.165) is 38.6 Å². The van der Waals surface area contributed by atoms with Crippen molar-refractivity contribution >= 4 is 21.5 Å². The molecule has 1 aromatic heterocycles. The van der Waals surface area contributed by atoms with Gasteiger partial charge in [0.1, 0.15) is 0 Å². The molecule has 0 aliphatic carbocycles. The van der Waals surface area contributed by atoms with E-state index < -0.39 is 0 Å². The molecule has 3 heteroatoms. The second-order valence-electron chi connectivity index (χ2n) is 12.5. The average Bonchev–Trinajstić information content (AvgIpc) is 3.21. The first-order valence-electron chi connectivity index (χ1n) is 16.9. The van der Waals surface area contributed by atoms with Gasteiger partial charge in [-0.1, -0.05) is 170 Å². The van der Waals surface area contributed by atoms with Gasteiger partial charge in [0.2, 0.25) is 0 Å². The molecule has 0 aliphatic heterocycles. The lowest BCUT2D eigenvalue weighted by atomic mass is 9.92. The molecule has 0 amide bonds. The Morgan fingerprint density at radius 3 is 1.22 bits per heavy atom. The molecule has 0 fully saturated rings. The first-order chi connectivity index (χ1) is 24.8. The van der Waals surface area contributed by atoms with Crippen LogP contribution in [0.5, 0.6) is 0 Å². The minimum atomic E-state index is 0.643. The van der Waals surface area contributed by atoms with Gasteiger partial charge in [-0.05, 0) is 73.1 Å². The third-order valence-electron chi connectivity index (χ3n) is 9.32.